The van der Waals surface area contributed by atoms with E-state index < -0.39 is 0 Å². The molecule has 2 aromatic carbocycles. The summed E-state index contributed by atoms with van der Waals surface area (Å²) in [6, 6.07) is 18.4. The van der Waals surface area contributed by atoms with Crippen molar-refractivity contribution in [2.45, 2.75) is 19.0 Å². The Morgan fingerprint density at radius 2 is 1.86 bits per heavy atom. The summed E-state index contributed by atoms with van der Waals surface area (Å²) in [5, 5.41) is 6.18. The number of nitrogens with one attached hydrogen (secondary N) is 1. The molecule has 1 N–H and O–H groups in total. The Hall–Kier alpha value is -2.90. The van der Waals surface area contributed by atoms with E-state index in [9.17, 15) is 4.79 Å². The third-order valence-electron chi connectivity index (χ3n) is 4.35. The van der Waals surface area contributed by atoms with E-state index in [1.165, 1.54) is 23.1 Å². The van der Waals surface area contributed by atoms with E-state index in [0.717, 1.165) is 33.4 Å². The van der Waals surface area contributed by atoms with Gasteiger partial charge in [-0.15, -0.1) is 11.3 Å². The first-order chi connectivity index (χ1) is 14.1. The Kier molecular flexibility index (Phi) is 5.78. The normalized spacial score (nSPS) is 10.8. The largest absolute Gasteiger partial charge is 0.301 e. The van der Waals surface area contributed by atoms with Crippen molar-refractivity contribution in [2.75, 3.05) is 11.1 Å². The third kappa shape index (κ3) is 4.41. The van der Waals surface area contributed by atoms with Crippen molar-refractivity contribution >= 4 is 34.1 Å². The van der Waals surface area contributed by atoms with Crippen LogP contribution in [0, 0.1) is 13.8 Å². The van der Waals surface area contributed by atoms with Gasteiger partial charge in [0.1, 0.15) is 0 Å². The zero-order chi connectivity index (χ0) is 20.2. The second kappa shape index (κ2) is 8.63. The highest BCUT2D eigenvalue weighted by Crippen LogP contribution is 2.31. The van der Waals surface area contributed by atoms with E-state index >= 15 is 0 Å². The van der Waals surface area contributed by atoms with Crippen LogP contribution in [0.5, 0.6) is 0 Å². The van der Waals surface area contributed by atoms with Gasteiger partial charge in [0.25, 0.3) is 0 Å². The first-order valence-corrected chi connectivity index (χ1v) is 11.0. The molecule has 5 nitrogen and oxygen atoms in total. The minimum atomic E-state index is -0.0926. The fourth-order valence-electron chi connectivity index (χ4n) is 2.99. The van der Waals surface area contributed by atoms with Crippen molar-refractivity contribution in [1.82, 2.24) is 14.5 Å². The molecule has 0 aliphatic heterocycles. The van der Waals surface area contributed by atoms with Crippen LogP contribution >= 0.6 is 23.1 Å². The number of hydrogen-bond donors (Lipinski definition) is 1. The summed E-state index contributed by atoms with van der Waals surface area (Å²) < 4.78 is 2.12. The second-order valence-corrected chi connectivity index (χ2v) is 8.35. The predicted molar refractivity (Wildman–Crippen MR) is 120 cm³/mol. The molecule has 0 fully saturated rings. The van der Waals surface area contributed by atoms with Crippen LogP contribution < -0.4 is 5.32 Å². The Labute approximate surface area is 177 Å². The molecule has 1 amide bonds. The maximum absolute atomic E-state index is 12.4. The van der Waals surface area contributed by atoms with Gasteiger partial charge in [0.2, 0.25) is 5.91 Å². The van der Waals surface area contributed by atoms with Crippen molar-refractivity contribution in [2.24, 2.45) is 0 Å². The minimum Gasteiger partial charge on any atom is -0.301 e. The summed E-state index contributed by atoms with van der Waals surface area (Å²) in [6.07, 6.45) is 1.87. The van der Waals surface area contributed by atoms with Crippen LogP contribution in [0.4, 0.5) is 5.13 Å². The molecule has 2 aromatic heterocycles. The second-order valence-electron chi connectivity index (χ2n) is 6.54. The van der Waals surface area contributed by atoms with Crippen LogP contribution in [0.2, 0.25) is 0 Å². The summed E-state index contributed by atoms with van der Waals surface area (Å²) in [5.41, 5.74) is 5.19. The maximum Gasteiger partial charge on any atom is 0.236 e. The average molecular weight is 421 g/mol. The molecule has 146 valence electrons. The van der Waals surface area contributed by atoms with Crippen LogP contribution in [-0.2, 0) is 4.79 Å². The highest BCUT2D eigenvalue weighted by Gasteiger charge is 2.17. The molecule has 0 aliphatic carbocycles. The predicted octanol–water partition coefficient (Wildman–Crippen LogP) is 5.34. The number of rotatable bonds is 6. The zero-order valence-corrected chi connectivity index (χ0v) is 17.8. The van der Waals surface area contributed by atoms with Crippen LogP contribution in [0.1, 0.15) is 11.3 Å². The van der Waals surface area contributed by atoms with Crippen LogP contribution in [0.15, 0.2) is 71.3 Å². The lowest BCUT2D eigenvalue weighted by Crippen LogP contribution is -2.14. The lowest BCUT2D eigenvalue weighted by Gasteiger charge is -2.14. The number of para-hydroxylation sites is 1. The first-order valence-electron chi connectivity index (χ1n) is 9.16. The third-order valence-corrected chi connectivity index (χ3v) is 6.18. The number of aryl methyl sites for hydroxylation is 2. The number of anilines is 1. The molecule has 0 saturated heterocycles. The number of imidazole rings is 1. The number of benzene rings is 2. The van der Waals surface area contributed by atoms with Crippen molar-refractivity contribution in [1.29, 1.82) is 0 Å². The summed E-state index contributed by atoms with van der Waals surface area (Å²) in [4.78, 5) is 21.3. The molecule has 2 heterocycles. The van der Waals surface area contributed by atoms with Gasteiger partial charge in [0, 0.05) is 10.9 Å². The Balaban J connectivity index is 1.62. The lowest BCUT2D eigenvalue weighted by atomic mass is 10.1. The van der Waals surface area contributed by atoms with Gasteiger partial charge in [-0.1, -0.05) is 60.3 Å². The summed E-state index contributed by atoms with van der Waals surface area (Å²) in [5.74, 6) is 0.167. The van der Waals surface area contributed by atoms with E-state index in [4.69, 9.17) is 0 Å². The topological polar surface area (TPSA) is 59.8 Å². The minimum absolute atomic E-state index is 0.0926. The van der Waals surface area contributed by atoms with Crippen molar-refractivity contribution in [3.63, 3.8) is 0 Å². The fraction of sp³-hybridized carbons (Fsp3) is 0.136. The molecule has 0 saturated carbocycles. The van der Waals surface area contributed by atoms with Gasteiger partial charge < -0.3 is 5.32 Å². The van der Waals surface area contributed by atoms with E-state index in [0.29, 0.717) is 5.13 Å². The number of amides is 1. The van der Waals surface area contributed by atoms with Crippen molar-refractivity contribution < 1.29 is 4.79 Å². The number of nitrogens with zero attached hydrogens (tertiary/aromatic N) is 3. The molecular weight excluding hydrogens is 400 g/mol. The molecule has 0 aliphatic rings. The zero-order valence-electron chi connectivity index (χ0n) is 16.1. The molecule has 0 bridgehead atoms. The first kappa shape index (κ1) is 19.4. The summed E-state index contributed by atoms with van der Waals surface area (Å²) >= 11 is 2.85. The molecule has 4 rings (SSSR count). The quantitative estimate of drug-likeness (QED) is 0.428. The van der Waals surface area contributed by atoms with E-state index in [-0.39, 0.29) is 11.7 Å². The number of carbonyl (C=O) groups excluding carboxylic acids is 1. The molecule has 0 unspecified atom stereocenters. The number of thiazole rings is 1. The van der Waals surface area contributed by atoms with Crippen LogP contribution in [0.25, 0.3) is 16.9 Å². The number of aromatic nitrogens is 3. The molecular formula is C22H20N4OS2. The van der Waals surface area contributed by atoms with Crippen LogP contribution in [-0.4, -0.2) is 26.2 Å². The SMILES string of the molecule is Cc1csc(NC(=O)CSc2ncc(-c3ccccc3)n2-c2ccccc2C)n1. The molecule has 4 aromatic rings. The molecule has 0 spiro atoms. The summed E-state index contributed by atoms with van der Waals surface area (Å²) in [7, 11) is 0. The standard InChI is InChI=1S/C22H20N4OS2/c1-15-8-6-7-11-18(15)26-19(17-9-4-3-5-10-17)12-23-22(26)29-14-20(27)25-21-24-16(2)13-28-21/h3-13H,14H2,1-2H3,(H,24,25,27). The van der Waals surface area contributed by atoms with Crippen LogP contribution in [0.3, 0.4) is 0 Å². The monoisotopic (exact) mass is 420 g/mol. The van der Waals surface area contributed by atoms with Gasteiger partial charge in [-0.25, -0.2) is 9.97 Å². The van der Waals surface area contributed by atoms with Gasteiger partial charge in [-0.2, -0.15) is 0 Å². The fourth-order valence-corrected chi connectivity index (χ4v) is 4.48. The summed E-state index contributed by atoms with van der Waals surface area (Å²) in [6.45, 7) is 3.99. The van der Waals surface area contributed by atoms with E-state index in [1.54, 1.807) is 0 Å². The van der Waals surface area contributed by atoms with Gasteiger partial charge in [-0.05, 0) is 25.5 Å². The van der Waals surface area contributed by atoms with Crippen molar-refractivity contribution in [3.8, 4) is 16.9 Å². The molecule has 7 heteroatoms. The lowest BCUT2D eigenvalue weighted by molar-refractivity contribution is -0.113. The number of hydrogen-bond acceptors (Lipinski definition) is 5. The van der Waals surface area contributed by atoms with E-state index in [1.807, 2.05) is 48.8 Å². The smallest absolute Gasteiger partial charge is 0.236 e. The van der Waals surface area contributed by atoms with Gasteiger partial charge >= 0.3 is 0 Å². The maximum atomic E-state index is 12.4. The van der Waals surface area contributed by atoms with Gasteiger partial charge in [-0.3, -0.25) is 9.36 Å². The Morgan fingerprint density at radius 3 is 2.59 bits per heavy atom. The number of thioether (sulfide) groups is 1. The number of carbonyl (C=O) groups is 1. The highest BCUT2D eigenvalue weighted by molar-refractivity contribution is 7.99. The molecule has 0 atom stereocenters. The molecule has 0 radical (unpaired) electrons. The van der Waals surface area contributed by atoms with Gasteiger partial charge in [0.05, 0.1) is 29.0 Å². The van der Waals surface area contributed by atoms with Crippen molar-refractivity contribution in [3.05, 3.63) is 77.4 Å². The van der Waals surface area contributed by atoms with Gasteiger partial charge in [0.15, 0.2) is 10.3 Å². The molecule has 29 heavy (non-hydrogen) atoms. The Morgan fingerprint density at radius 1 is 1.10 bits per heavy atom. The average Bonchev–Trinajstić information content (AvgIpc) is 3.33. The van der Waals surface area contributed by atoms with E-state index in [2.05, 4.69) is 51.0 Å². The Bertz CT molecular complexity index is 1130. The highest BCUT2D eigenvalue weighted by atomic mass is 32.2.